The largest absolute Gasteiger partial charge is 0.459 e. The van der Waals surface area contributed by atoms with Crippen LogP contribution in [-0.2, 0) is 16.0 Å². The summed E-state index contributed by atoms with van der Waals surface area (Å²) in [7, 11) is 0. The maximum absolute atomic E-state index is 12.6. The van der Waals surface area contributed by atoms with E-state index >= 15 is 0 Å². The van der Waals surface area contributed by atoms with Gasteiger partial charge < -0.3 is 4.74 Å². The van der Waals surface area contributed by atoms with Crippen LogP contribution in [-0.4, -0.2) is 17.9 Å². The van der Waals surface area contributed by atoms with Crippen LogP contribution < -0.4 is 0 Å². The number of esters is 1. The van der Waals surface area contributed by atoms with Crippen LogP contribution in [0.3, 0.4) is 0 Å². The number of rotatable bonds is 10. The van der Waals surface area contributed by atoms with Crippen molar-refractivity contribution in [1.82, 2.24) is 0 Å². The van der Waals surface area contributed by atoms with Gasteiger partial charge in [-0.05, 0) is 50.8 Å². The maximum Gasteiger partial charge on any atom is 0.338 e. The molecule has 0 bridgehead atoms. The summed E-state index contributed by atoms with van der Waals surface area (Å²) in [6.07, 6.45) is 9.13. The van der Waals surface area contributed by atoms with E-state index < -0.39 is 0 Å². The van der Waals surface area contributed by atoms with Gasteiger partial charge in [-0.15, -0.1) is 13.2 Å². The molecule has 0 radical (unpaired) electrons. The number of allylic oxidation sites excluding steroid dienone is 3. The summed E-state index contributed by atoms with van der Waals surface area (Å²) in [6.45, 7) is 13.0. The predicted molar refractivity (Wildman–Crippen MR) is 103 cm³/mol. The van der Waals surface area contributed by atoms with Crippen LogP contribution >= 0.6 is 0 Å². The first kappa shape index (κ1) is 20.6. The second kappa shape index (κ2) is 10.4. The van der Waals surface area contributed by atoms with E-state index in [9.17, 15) is 9.59 Å². The van der Waals surface area contributed by atoms with Crippen LogP contribution in [0.1, 0.15) is 53.2 Å². The minimum atomic E-state index is -0.384. The van der Waals surface area contributed by atoms with E-state index in [2.05, 4.69) is 13.2 Å². The van der Waals surface area contributed by atoms with E-state index in [1.165, 1.54) is 0 Å². The lowest BCUT2D eigenvalue weighted by atomic mass is 9.95. The maximum atomic E-state index is 12.6. The van der Waals surface area contributed by atoms with Gasteiger partial charge in [-0.2, -0.15) is 0 Å². The molecule has 134 valence electrons. The van der Waals surface area contributed by atoms with E-state index in [0.717, 1.165) is 24.0 Å². The van der Waals surface area contributed by atoms with Crippen LogP contribution in [0.25, 0.3) is 0 Å². The first-order valence-corrected chi connectivity index (χ1v) is 8.61. The molecular formula is C22H28O3. The zero-order chi connectivity index (χ0) is 18.8. The lowest BCUT2D eigenvalue weighted by Crippen LogP contribution is -2.18. The van der Waals surface area contributed by atoms with Crippen LogP contribution in [0.5, 0.6) is 0 Å². The number of carbonyl (C=O) groups excluding carboxylic acids is 2. The zero-order valence-electron chi connectivity index (χ0n) is 15.5. The standard InChI is InChI=1S/C22H28O3/c1-6-8-9-10-12-20(23)15-19-14-16(3)13-17(4)21(19)22(24)25-18(5)11-7-2/h6-7,10,12-14,18H,1-2,8-9,11,15H2,3-5H3/b12-10+/t18-/m1/s1. The number of carbonyl (C=O) groups is 2. The number of aryl methyl sites for hydroxylation is 2. The highest BCUT2D eigenvalue weighted by Crippen LogP contribution is 2.20. The first-order chi connectivity index (χ1) is 11.9. The van der Waals surface area contributed by atoms with Crippen molar-refractivity contribution in [2.45, 2.75) is 52.6 Å². The third-order valence-electron chi connectivity index (χ3n) is 3.78. The molecule has 0 N–H and O–H groups in total. The number of ether oxygens (including phenoxy) is 1. The van der Waals surface area contributed by atoms with E-state index in [1.807, 2.05) is 45.1 Å². The third kappa shape index (κ3) is 6.92. The molecule has 0 aliphatic heterocycles. The number of hydrogen-bond acceptors (Lipinski definition) is 3. The number of hydrogen-bond donors (Lipinski definition) is 0. The van der Waals surface area contributed by atoms with Gasteiger partial charge in [0.25, 0.3) is 0 Å². The lowest BCUT2D eigenvalue weighted by Gasteiger charge is -2.16. The van der Waals surface area contributed by atoms with Crippen molar-refractivity contribution in [3.63, 3.8) is 0 Å². The molecule has 0 heterocycles. The molecule has 0 aromatic heterocycles. The van der Waals surface area contributed by atoms with Gasteiger partial charge in [0.1, 0.15) is 6.10 Å². The SMILES string of the molecule is C=CCC/C=C/C(=O)Cc1cc(C)cc(C)c1C(=O)O[C@H](C)CC=C. The van der Waals surface area contributed by atoms with Gasteiger partial charge in [0.2, 0.25) is 0 Å². The Morgan fingerprint density at radius 2 is 1.88 bits per heavy atom. The summed E-state index contributed by atoms with van der Waals surface area (Å²) in [5, 5.41) is 0. The second-order valence-electron chi connectivity index (χ2n) is 6.27. The topological polar surface area (TPSA) is 43.4 Å². The highest BCUT2D eigenvalue weighted by molar-refractivity contribution is 5.97. The summed E-state index contributed by atoms with van der Waals surface area (Å²) in [4.78, 5) is 24.8. The number of unbranched alkanes of at least 4 members (excludes halogenated alkanes) is 1. The fourth-order valence-corrected chi connectivity index (χ4v) is 2.69. The van der Waals surface area contributed by atoms with Crippen molar-refractivity contribution >= 4 is 11.8 Å². The molecule has 0 spiro atoms. The van der Waals surface area contributed by atoms with E-state index in [0.29, 0.717) is 17.5 Å². The molecule has 25 heavy (non-hydrogen) atoms. The Labute approximate surface area is 151 Å². The molecule has 0 unspecified atom stereocenters. The molecule has 0 fully saturated rings. The number of ketones is 1. The van der Waals surface area contributed by atoms with Crippen LogP contribution in [0.15, 0.2) is 49.6 Å². The second-order valence-corrected chi connectivity index (χ2v) is 6.27. The van der Waals surface area contributed by atoms with E-state index in [1.54, 1.807) is 12.2 Å². The highest BCUT2D eigenvalue weighted by atomic mass is 16.5. The normalized spacial score (nSPS) is 12.0. The predicted octanol–water partition coefficient (Wildman–Crippen LogP) is 5.06. The molecule has 0 saturated carbocycles. The molecule has 1 rings (SSSR count). The van der Waals surface area contributed by atoms with E-state index in [4.69, 9.17) is 4.74 Å². The fraction of sp³-hybridized carbons (Fsp3) is 0.364. The fourth-order valence-electron chi connectivity index (χ4n) is 2.69. The van der Waals surface area contributed by atoms with Gasteiger partial charge in [0.05, 0.1) is 5.56 Å². The van der Waals surface area contributed by atoms with Gasteiger partial charge in [-0.1, -0.05) is 35.9 Å². The Hall–Kier alpha value is -2.42. The lowest BCUT2D eigenvalue weighted by molar-refractivity contribution is -0.114. The molecule has 1 aromatic carbocycles. The molecule has 1 atom stereocenters. The van der Waals surface area contributed by atoms with Crippen molar-refractivity contribution < 1.29 is 14.3 Å². The smallest absolute Gasteiger partial charge is 0.338 e. The van der Waals surface area contributed by atoms with Gasteiger partial charge in [0, 0.05) is 12.8 Å². The van der Waals surface area contributed by atoms with Crippen molar-refractivity contribution in [3.05, 3.63) is 71.8 Å². The third-order valence-corrected chi connectivity index (χ3v) is 3.78. The van der Waals surface area contributed by atoms with E-state index in [-0.39, 0.29) is 24.3 Å². The molecular weight excluding hydrogens is 312 g/mol. The van der Waals surface area contributed by atoms with Gasteiger partial charge in [-0.3, -0.25) is 4.79 Å². The van der Waals surface area contributed by atoms with Crippen molar-refractivity contribution in [2.75, 3.05) is 0 Å². The summed E-state index contributed by atoms with van der Waals surface area (Å²) >= 11 is 0. The Morgan fingerprint density at radius 1 is 1.16 bits per heavy atom. The summed E-state index contributed by atoms with van der Waals surface area (Å²) in [5.41, 5.74) is 3.06. The Bertz CT molecular complexity index is 668. The summed E-state index contributed by atoms with van der Waals surface area (Å²) < 4.78 is 5.48. The quantitative estimate of drug-likeness (QED) is 0.259. The average molecular weight is 340 g/mol. The molecule has 0 aliphatic carbocycles. The zero-order valence-corrected chi connectivity index (χ0v) is 15.5. The van der Waals surface area contributed by atoms with Gasteiger partial charge >= 0.3 is 5.97 Å². The average Bonchev–Trinajstić information content (AvgIpc) is 2.51. The molecule has 3 heteroatoms. The minimum absolute atomic E-state index is 0.0257. The Morgan fingerprint density at radius 3 is 2.52 bits per heavy atom. The monoisotopic (exact) mass is 340 g/mol. The molecule has 1 aromatic rings. The van der Waals surface area contributed by atoms with Crippen molar-refractivity contribution in [3.8, 4) is 0 Å². The Balaban J connectivity index is 3.00. The molecule has 0 aliphatic rings. The Kier molecular flexibility index (Phi) is 8.62. The highest BCUT2D eigenvalue weighted by Gasteiger charge is 2.19. The van der Waals surface area contributed by atoms with Gasteiger partial charge in [-0.25, -0.2) is 4.79 Å². The van der Waals surface area contributed by atoms with Crippen LogP contribution in [0.2, 0.25) is 0 Å². The van der Waals surface area contributed by atoms with Crippen molar-refractivity contribution in [2.24, 2.45) is 0 Å². The molecule has 0 saturated heterocycles. The van der Waals surface area contributed by atoms with Crippen LogP contribution in [0, 0.1) is 13.8 Å². The molecule has 3 nitrogen and oxygen atoms in total. The minimum Gasteiger partial charge on any atom is -0.459 e. The summed E-state index contributed by atoms with van der Waals surface area (Å²) in [5.74, 6) is -0.410. The van der Waals surface area contributed by atoms with Crippen LogP contribution in [0.4, 0.5) is 0 Å². The van der Waals surface area contributed by atoms with Gasteiger partial charge in [0.15, 0.2) is 5.78 Å². The first-order valence-electron chi connectivity index (χ1n) is 8.61. The number of benzene rings is 1. The molecule has 0 amide bonds. The van der Waals surface area contributed by atoms with Crippen molar-refractivity contribution in [1.29, 1.82) is 0 Å². The summed E-state index contributed by atoms with van der Waals surface area (Å²) in [6, 6.07) is 3.82.